The molecule has 0 aliphatic carbocycles. The van der Waals surface area contributed by atoms with Gasteiger partial charge in [-0.25, -0.2) is 4.39 Å². The highest BCUT2D eigenvalue weighted by atomic mass is 19.1. The number of amides is 1. The number of aryl methyl sites for hydroxylation is 1. The van der Waals surface area contributed by atoms with Crippen molar-refractivity contribution in [2.75, 3.05) is 5.32 Å². The maximum Gasteiger partial charge on any atom is 0.268 e. The first-order valence-electron chi connectivity index (χ1n) is 12.5. The van der Waals surface area contributed by atoms with Gasteiger partial charge in [-0.05, 0) is 67.1 Å². The van der Waals surface area contributed by atoms with Crippen molar-refractivity contribution in [2.45, 2.75) is 6.92 Å². The lowest BCUT2D eigenvalue weighted by Crippen LogP contribution is -2.29. The Hall–Kier alpha value is -5.50. The number of carbonyl (C=O) groups is 1. The third-order valence-corrected chi connectivity index (χ3v) is 6.41. The topological polar surface area (TPSA) is 86.4 Å². The third-order valence-electron chi connectivity index (χ3n) is 6.41. The Morgan fingerprint density at radius 1 is 0.950 bits per heavy atom. The van der Waals surface area contributed by atoms with Crippen LogP contribution in [0, 0.1) is 12.7 Å². The molecule has 196 valence electrons. The number of hydrogen-bond acceptors (Lipinski definition) is 5. The summed E-state index contributed by atoms with van der Waals surface area (Å²) in [5.74, 6) is 0.756. The molecule has 7 nitrogen and oxygen atoms in total. The predicted octanol–water partition coefficient (Wildman–Crippen LogP) is 7.14. The fourth-order valence-electron chi connectivity index (χ4n) is 4.37. The molecule has 1 amide bonds. The number of aromatic nitrogens is 2. The highest BCUT2D eigenvalue weighted by Gasteiger charge is 2.17. The minimum absolute atomic E-state index is 0.00151. The molecule has 0 unspecified atom stereocenters. The van der Waals surface area contributed by atoms with E-state index < -0.39 is 17.3 Å². The van der Waals surface area contributed by atoms with E-state index in [4.69, 9.17) is 9.15 Å². The number of pyridine rings is 2. The van der Waals surface area contributed by atoms with Crippen LogP contribution in [0.2, 0.25) is 0 Å². The monoisotopic (exact) mass is 531 g/mol. The summed E-state index contributed by atoms with van der Waals surface area (Å²) >= 11 is 0. The SMILES string of the molecule is Cc1ccn(-c2ccc(F)cc2)c(=O)c1C(=O)Nc1ccc(Oc2ccnc3cc(-c4ccccc4)oc23)cc1. The molecule has 0 spiro atoms. The van der Waals surface area contributed by atoms with Crippen molar-refractivity contribution in [3.05, 3.63) is 137 Å². The molecule has 3 heterocycles. The molecule has 0 saturated carbocycles. The number of carbonyl (C=O) groups excluding carboxylic acids is 1. The third kappa shape index (κ3) is 4.86. The molecule has 1 N–H and O–H groups in total. The van der Waals surface area contributed by atoms with Crippen LogP contribution in [-0.2, 0) is 0 Å². The van der Waals surface area contributed by atoms with E-state index in [1.165, 1.54) is 28.8 Å². The molecule has 3 aromatic heterocycles. The highest BCUT2D eigenvalue weighted by Crippen LogP contribution is 2.34. The molecule has 0 aliphatic heterocycles. The number of rotatable bonds is 6. The largest absolute Gasteiger partial charge is 0.453 e. The van der Waals surface area contributed by atoms with E-state index in [0.717, 1.165) is 5.56 Å². The molecule has 0 aliphatic rings. The summed E-state index contributed by atoms with van der Waals surface area (Å²) in [6.07, 6.45) is 3.21. The Morgan fingerprint density at radius 2 is 1.70 bits per heavy atom. The van der Waals surface area contributed by atoms with Gasteiger partial charge in [0.25, 0.3) is 11.5 Å². The minimum Gasteiger partial charge on any atom is -0.453 e. The van der Waals surface area contributed by atoms with E-state index in [-0.39, 0.29) is 5.56 Å². The number of halogens is 1. The second-order valence-corrected chi connectivity index (χ2v) is 9.11. The molecule has 0 bridgehead atoms. The van der Waals surface area contributed by atoms with E-state index in [0.29, 0.717) is 45.3 Å². The number of ether oxygens (including phenoxy) is 1. The summed E-state index contributed by atoms with van der Waals surface area (Å²) in [5, 5.41) is 2.77. The fourth-order valence-corrected chi connectivity index (χ4v) is 4.37. The van der Waals surface area contributed by atoms with Crippen molar-refractivity contribution < 1.29 is 18.3 Å². The van der Waals surface area contributed by atoms with E-state index in [1.807, 2.05) is 36.4 Å². The average Bonchev–Trinajstić information content (AvgIpc) is 3.41. The van der Waals surface area contributed by atoms with E-state index in [2.05, 4.69) is 10.3 Å². The molecule has 0 radical (unpaired) electrons. The standard InChI is InChI=1S/C32H22FN3O4/c1-20-16-18-36(24-11-7-22(33)8-12-24)32(38)29(20)31(37)35-23-9-13-25(14-10-23)39-27-15-17-34-26-19-28(40-30(26)27)21-5-3-2-4-6-21/h2-19H,1H3,(H,35,37). The van der Waals surface area contributed by atoms with Crippen LogP contribution in [0.15, 0.2) is 119 Å². The second kappa shape index (κ2) is 10.3. The summed E-state index contributed by atoms with van der Waals surface area (Å²) in [4.78, 5) is 30.6. The Balaban J connectivity index is 1.21. The van der Waals surface area contributed by atoms with Crippen molar-refractivity contribution in [1.29, 1.82) is 0 Å². The van der Waals surface area contributed by atoms with Crippen molar-refractivity contribution in [3.63, 3.8) is 0 Å². The van der Waals surface area contributed by atoms with E-state index in [9.17, 15) is 14.0 Å². The molecular weight excluding hydrogens is 509 g/mol. The minimum atomic E-state index is -0.549. The van der Waals surface area contributed by atoms with Crippen LogP contribution >= 0.6 is 0 Å². The van der Waals surface area contributed by atoms with Gasteiger partial charge in [0.15, 0.2) is 11.3 Å². The number of furan rings is 1. The van der Waals surface area contributed by atoms with Gasteiger partial charge in [0.05, 0.1) is 0 Å². The highest BCUT2D eigenvalue weighted by molar-refractivity contribution is 6.05. The first-order valence-corrected chi connectivity index (χ1v) is 12.5. The number of fused-ring (bicyclic) bond motifs is 1. The molecule has 6 rings (SSSR count). The lowest BCUT2D eigenvalue weighted by Gasteiger charge is -2.12. The lowest BCUT2D eigenvalue weighted by atomic mass is 10.1. The number of anilines is 1. The van der Waals surface area contributed by atoms with Crippen LogP contribution in [0.1, 0.15) is 15.9 Å². The van der Waals surface area contributed by atoms with Crippen LogP contribution < -0.4 is 15.6 Å². The molecule has 0 atom stereocenters. The zero-order valence-electron chi connectivity index (χ0n) is 21.3. The van der Waals surface area contributed by atoms with Crippen LogP contribution in [-0.4, -0.2) is 15.5 Å². The molecule has 3 aromatic carbocycles. The Labute approximate surface area is 228 Å². The second-order valence-electron chi connectivity index (χ2n) is 9.11. The smallest absolute Gasteiger partial charge is 0.268 e. The normalized spacial score (nSPS) is 10.9. The van der Waals surface area contributed by atoms with Gasteiger partial charge >= 0.3 is 0 Å². The number of nitrogens with one attached hydrogen (secondary N) is 1. The molecule has 6 aromatic rings. The summed E-state index contributed by atoms with van der Waals surface area (Å²) in [5.41, 5.74) is 3.09. The summed E-state index contributed by atoms with van der Waals surface area (Å²) in [6, 6.07) is 27.2. The summed E-state index contributed by atoms with van der Waals surface area (Å²) in [6.45, 7) is 1.69. The number of hydrogen-bond donors (Lipinski definition) is 1. The Morgan fingerprint density at radius 3 is 2.45 bits per heavy atom. The van der Waals surface area contributed by atoms with Gasteiger partial charge in [-0.3, -0.25) is 19.1 Å². The first kappa shape index (κ1) is 24.8. The number of nitrogens with zero attached hydrogens (tertiary/aromatic N) is 2. The molecule has 8 heteroatoms. The quantitative estimate of drug-likeness (QED) is 0.247. The summed E-state index contributed by atoms with van der Waals surface area (Å²) in [7, 11) is 0. The van der Waals surface area contributed by atoms with Gasteiger partial charge < -0.3 is 14.5 Å². The van der Waals surface area contributed by atoms with Crippen molar-refractivity contribution >= 4 is 22.7 Å². The van der Waals surface area contributed by atoms with Gasteiger partial charge in [-0.1, -0.05) is 30.3 Å². The van der Waals surface area contributed by atoms with Gasteiger partial charge in [0.1, 0.15) is 28.4 Å². The zero-order chi connectivity index (χ0) is 27.6. The average molecular weight is 532 g/mol. The Bertz CT molecular complexity index is 1890. The zero-order valence-corrected chi connectivity index (χ0v) is 21.3. The van der Waals surface area contributed by atoms with Crippen LogP contribution in [0.25, 0.3) is 28.1 Å². The molecule has 0 saturated heterocycles. The van der Waals surface area contributed by atoms with Gasteiger partial charge in [-0.2, -0.15) is 0 Å². The molecule has 0 fully saturated rings. The lowest BCUT2D eigenvalue weighted by molar-refractivity contribution is 0.102. The fraction of sp³-hybridized carbons (Fsp3) is 0.0312. The van der Waals surface area contributed by atoms with Crippen LogP contribution in [0.5, 0.6) is 11.5 Å². The van der Waals surface area contributed by atoms with E-state index >= 15 is 0 Å². The van der Waals surface area contributed by atoms with Gasteiger partial charge in [-0.15, -0.1) is 0 Å². The van der Waals surface area contributed by atoms with Crippen molar-refractivity contribution in [1.82, 2.24) is 9.55 Å². The molecule has 40 heavy (non-hydrogen) atoms. The van der Waals surface area contributed by atoms with Crippen molar-refractivity contribution in [2.24, 2.45) is 0 Å². The maximum absolute atomic E-state index is 13.3. The van der Waals surface area contributed by atoms with Crippen LogP contribution in [0.3, 0.4) is 0 Å². The van der Waals surface area contributed by atoms with Crippen LogP contribution in [0.4, 0.5) is 10.1 Å². The predicted molar refractivity (Wildman–Crippen MR) is 151 cm³/mol. The number of benzene rings is 3. The summed E-state index contributed by atoms with van der Waals surface area (Å²) < 4.78 is 26.8. The molecular formula is C32H22FN3O4. The first-order chi connectivity index (χ1) is 19.5. The Kier molecular flexibility index (Phi) is 6.41. The maximum atomic E-state index is 13.3. The van der Waals surface area contributed by atoms with Gasteiger partial charge in [0, 0.05) is 41.5 Å². The van der Waals surface area contributed by atoms with Crippen molar-refractivity contribution in [3.8, 4) is 28.5 Å². The van der Waals surface area contributed by atoms with Gasteiger partial charge in [0.2, 0.25) is 0 Å². The van der Waals surface area contributed by atoms with E-state index in [1.54, 1.807) is 55.7 Å².